The molecule has 0 aliphatic heterocycles. The maximum atomic E-state index is 14.3. The Hall–Kier alpha value is -2.64. The van der Waals surface area contributed by atoms with Crippen molar-refractivity contribution in [2.45, 2.75) is 0 Å². The Morgan fingerprint density at radius 3 is 1.82 bits per heavy atom. The highest BCUT2D eigenvalue weighted by Gasteiger charge is 2.26. The monoisotopic (exact) mass is 318 g/mol. The van der Waals surface area contributed by atoms with Crippen LogP contribution in [0.4, 0.5) is 26.3 Å². The number of phenolic OH excluding ortho intramolecular Hbond substituents is 2. The Balaban J connectivity index is 2.71. The molecule has 0 saturated carbocycles. The van der Waals surface area contributed by atoms with Gasteiger partial charge < -0.3 is 10.2 Å². The fourth-order valence-corrected chi connectivity index (χ4v) is 2.28. The van der Waals surface area contributed by atoms with Crippen LogP contribution in [0.15, 0.2) is 12.1 Å². The molecule has 2 N–H and O–H groups in total. The summed E-state index contributed by atoms with van der Waals surface area (Å²) in [6.45, 7) is 0. The van der Waals surface area contributed by atoms with Gasteiger partial charge in [0.05, 0.1) is 10.8 Å². The predicted octanol–water partition coefficient (Wildman–Crippen LogP) is 4.24. The van der Waals surface area contributed by atoms with E-state index in [4.69, 9.17) is 0 Å². The molecule has 0 bridgehead atoms. The van der Waals surface area contributed by atoms with Crippen molar-refractivity contribution >= 4 is 21.5 Å². The molecule has 0 aliphatic carbocycles. The van der Waals surface area contributed by atoms with Gasteiger partial charge in [0, 0.05) is 16.8 Å². The second-order valence-corrected chi connectivity index (χ2v) is 4.52. The Bertz CT molecular complexity index is 968. The number of benzene rings is 3. The van der Waals surface area contributed by atoms with Crippen LogP contribution in [0.1, 0.15) is 0 Å². The molecule has 3 rings (SSSR count). The number of aromatic hydroxyl groups is 2. The third kappa shape index (κ3) is 1.63. The zero-order valence-corrected chi connectivity index (χ0v) is 10.3. The summed E-state index contributed by atoms with van der Waals surface area (Å²) >= 11 is 0. The first-order valence-corrected chi connectivity index (χ1v) is 5.74. The molecule has 0 fully saturated rings. The number of fused-ring (bicyclic) bond motifs is 2. The SMILES string of the molecule is Oc1cc(F)c(F)c2c(F)c3c(F)c(F)c(F)c(O)c3cc12. The molecule has 0 amide bonds. The molecule has 0 atom stereocenters. The molecule has 0 aromatic heterocycles. The van der Waals surface area contributed by atoms with Gasteiger partial charge >= 0.3 is 0 Å². The van der Waals surface area contributed by atoms with Crippen molar-refractivity contribution in [2.24, 2.45) is 0 Å². The zero-order chi connectivity index (χ0) is 16.3. The molecule has 0 heterocycles. The number of hydrogen-bond donors (Lipinski definition) is 2. The summed E-state index contributed by atoms with van der Waals surface area (Å²) in [6, 6.07) is 0.961. The van der Waals surface area contributed by atoms with E-state index >= 15 is 0 Å². The molecular formula is C14H4F6O2. The Kier molecular flexibility index (Phi) is 2.88. The van der Waals surface area contributed by atoms with Crippen LogP contribution in [0.5, 0.6) is 11.5 Å². The van der Waals surface area contributed by atoms with Gasteiger partial charge in [-0.2, -0.15) is 4.39 Å². The molecule has 22 heavy (non-hydrogen) atoms. The molecule has 0 aliphatic rings. The summed E-state index contributed by atoms with van der Waals surface area (Å²) in [6.07, 6.45) is 0. The van der Waals surface area contributed by atoms with Crippen LogP contribution >= 0.6 is 0 Å². The van der Waals surface area contributed by atoms with Gasteiger partial charge in [-0.25, -0.2) is 22.0 Å². The van der Waals surface area contributed by atoms with E-state index in [0.717, 1.165) is 0 Å². The minimum atomic E-state index is -2.16. The van der Waals surface area contributed by atoms with Gasteiger partial charge in [0.2, 0.25) is 5.82 Å². The highest BCUT2D eigenvalue weighted by Crippen LogP contribution is 2.41. The van der Waals surface area contributed by atoms with Crippen molar-refractivity contribution in [3.05, 3.63) is 47.0 Å². The third-order valence-electron chi connectivity index (χ3n) is 3.30. The van der Waals surface area contributed by atoms with E-state index in [2.05, 4.69) is 0 Å². The first kappa shape index (κ1) is 14.3. The predicted molar refractivity (Wildman–Crippen MR) is 64.5 cm³/mol. The lowest BCUT2D eigenvalue weighted by atomic mass is 10.00. The third-order valence-corrected chi connectivity index (χ3v) is 3.30. The Morgan fingerprint density at radius 2 is 1.18 bits per heavy atom. The van der Waals surface area contributed by atoms with E-state index in [-0.39, 0.29) is 0 Å². The summed E-state index contributed by atoms with van der Waals surface area (Å²) in [7, 11) is 0. The molecule has 0 radical (unpaired) electrons. The first-order valence-electron chi connectivity index (χ1n) is 5.74. The van der Waals surface area contributed by atoms with Gasteiger partial charge in [-0.15, -0.1) is 0 Å². The Labute approximate surface area is 117 Å². The first-order chi connectivity index (χ1) is 10.3. The molecular weight excluding hydrogens is 314 g/mol. The van der Waals surface area contributed by atoms with Gasteiger partial charge in [0.1, 0.15) is 11.6 Å². The van der Waals surface area contributed by atoms with Crippen LogP contribution < -0.4 is 0 Å². The van der Waals surface area contributed by atoms with Gasteiger partial charge in [-0.3, -0.25) is 0 Å². The van der Waals surface area contributed by atoms with Gasteiger partial charge in [-0.05, 0) is 6.07 Å². The lowest BCUT2D eigenvalue weighted by Gasteiger charge is -2.11. The highest BCUT2D eigenvalue weighted by atomic mass is 19.2. The smallest absolute Gasteiger partial charge is 0.204 e. The van der Waals surface area contributed by atoms with Crippen LogP contribution in [0.25, 0.3) is 21.5 Å². The summed E-state index contributed by atoms with van der Waals surface area (Å²) in [5.74, 6) is -13.6. The number of phenols is 2. The summed E-state index contributed by atoms with van der Waals surface area (Å²) in [4.78, 5) is 0. The fraction of sp³-hybridized carbons (Fsp3) is 0. The van der Waals surface area contributed by atoms with E-state index in [1.54, 1.807) is 0 Å². The van der Waals surface area contributed by atoms with Crippen molar-refractivity contribution in [1.29, 1.82) is 0 Å². The summed E-state index contributed by atoms with van der Waals surface area (Å²) < 4.78 is 81.5. The van der Waals surface area contributed by atoms with Crippen LogP contribution in [0.3, 0.4) is 0 Å². The molecule has 114 valence electrons. The van der Waals surface area contributed by atoms with E-state index in [1.807, 2.05) is 0 Å². The summed E-state index contributed by atoms with van der Waals surface area (Å²) in [5, 5.41) is 15.1. The van der Waals surface area contributed by atoms with Crippen LogP contribution in [0.2, 0.25) is 0 Å². The van der Waals surface area contributed by atoms with E-state index in [1.165, 1.54) is 0 Å². The largest absolute Gasteiger partial charge is 0.507 e. The summed E-state index contributed by atoms with van der Waals surface area (Å²) in [5.41, 5.74) is 0. The molecule has 0 spiro atoms. The van der Waals surface area contributed by atoms with Crippen LogP contribution in [0, 0.1) is 34.9 Å². The van der Waals surface area contributed by atoms with Crippen molar-refractivity contribution < 1.29 is 36.6 Å². The maximum absolute atomic E-state index is 14.3. The minimum Gasteiger partial charge on any atom is -0.507 e. The topological polar surface area (TPSA) is 40.5 Å². The zero-order valence-electron chi connectivity index (χ0n) is 10.3. The van der Waals surface area contributed by atoms with Crippen molar-refractivity contribution in [3.63, 3.8) is 0 Å². The molecule has 8 heteroatoms. The van der Waals surface area contributed by atoms with E-state index in [0.29, 0.717) is 12.1 Å². The van der Waals surface area contributed by atoms with Crippen molar-refractivity contribution in [3.8, 4) is 11.5 Å². The van der Waals surface area contributed by atoms with Crippen molar-refractivity contribution in [2.75, 3.05) is 0 Å². The average Bonchev–Trinajstić information content (AvgIpc) is 2.47. The molecule has 2 nitrogen and oxygen atoms in total. The number of rotatable bonds is 0. The number of hydrogen-bond acceptors (Lipinski definition) is 2. The quantitative estimate of drug-likeness (QED) is 0.370. The number of halogens is 6. The minimum absolute atomic E-state index is 0.330. The molecule has 3 aromatic carbocycles. The lowest BCUT2D eigenvalue weighted by molar-refractivity contribution is 0.394. The lowest BCUT2D eigenvalue weighted by Crippen LogP contribution is -1.99. The molecule has 0 saturated heterocycles. The van der Waals surface area contributed by atoms with E-state index in [9.17, 15) is 36.6 Å². The van der Waals surface area contributed by atoms with Gasteiger partial charge in [0.15, 0.2) is 29.0 Å². The second kappa shape index (κ2) is 4.43. The maximum Gasteiger partial charge on any atom is 0.204 e. The molecule has 0 unspecified atom stereocenters. The standard InChI is InChI=1S/C14H4F6O2/c15-5-2-6(21)3-1-4-8(10(17)7(3)9(5)16)11(18)12(19)13(20)14(4)22/h1-2,21-22H. The average molecular weight is 318 g/mol. The van der Waals surface area contributed by atoms with Crippen molar-refractivity contribution in [1.82, 2.24) is 0 Å². The van der Waals surface area contributed by atoms with Gasteiger partial charge in [-0.1, -0.05) is 0 Å². The van der Waals surface area contributed by atoms with E-state index < -0.39 is 67.9 Å². The Morgan fingerprint density at radius 1 is 0.591 bits per heavy atom. The highest BCUT2D eigenvalue weighted by molar-refractivity contribution is 6.04. The normalized spacial score (nSPS) is 11.5. The fourth-order valence-electron chi connectivity index (χ4n) is 2.28. The molecule has 3 aromatic rings. The second-order valence-electron chi connectivity index (χ2n) is 4.52. The van der Waals surface area contributed by atoms with Crippen LogP contribution in [-0.4, -0.2) is 10.2 Å². The van der Waals surface area contributed by atoms with Gasteiger partial charge in [0.25, 0.3) is 0 Å². The van der Waals surface area contributed by atoms with Crippen LogP contribution in [-0.2, 0) is 0 Å².